The minimum absolute atomic E-state index is 0.0286. The van der Waals surface area contributed by atoms with Crippen molar-refractivity contribution in [2.45, 2.75) is 25.2 Å². The van der Waals surface area contributed by atoms with E-state index in [2.05, 4.69) is 20.3 Å². The first-order chi connectivity index (χ1) is 14.4. The molecule has 1 heterocycles. The molecule has 6 nitrogen and oxygen atoms in total. The van der Waals surface area contributed by atoms with Crippen molar-refractivity contribution in [3.05, 3.63) is 52.5 Å². The number of anilines is 1. The van der Waals surface area contributed by atoms with Crippen LogP contribution >= 0.6 is 35.0 Å². The molecule has 0 aliphatic rings. The summed E-state index contributed by atoms with van der Waals surface area (Å²) in [6.07, 6.45) is 0. The van der Waals surface area contributed by atoms with Gasteiger partial charge >= 0.3 is 6.61 Å². The number of hydrogen-bond acceptors (Lipinski definition) is 5. The van der Waals surface area contributed by atoms with Crippen LogP contribution in [0.15, 0.2) is 47.6 Å². The summed E-state index contributed by atoms with van der Waals surface area (Å²) in [6.45, 7) is -0.401. The maximum atomic E-state index is 12.3. The molecule has 0 atom stereocenters. The third-order valence-corrected chi connectivity index (χ3v) is 5.41. The van der Waals surface area contributed by atoms with Gasteiger partial charge in [0.15, 0.2) is 11.0 Å². The highest BCUT2D eigenvalue weighted by Gasteiger charge is 2.15. The maximum Gasteiger partial charge on any atom is 0.387 e. The summed E-state index contributed by atoms with van der Waals surface area (Å²) in [5.41, 5.74) is 1.23. The number of halogens is 4. The van der Waals surface area contributed by atoms with E-state index in [-0.39, 0.29) is 22.4 Å². The van der Waals surface area contributed by atoms with Gasteiger partial charge in [-0.1, -0.05) is 35.0 Å². The Bertz CT molecular complexity index is 1030. The fourth-order valence-corrected chi connectivity index (χ4v) is 3.74. The molecule has 3 aromatic rings. The second-order valence-corrected chi connectivity index (χ2v) is 7.70. The van der Waals surface area contributed by atoms with Crippen molar-refractivity contribution >= 4 is 46.6 Å². The fraction of sp³-hybridized carbons (Fsp3) is 0.211. The van der Waals surface area contributed by atoms with Crippen LogP contribution in [0.1, 0.15) is 6.92 Å². The monoisotopic (exact) mass is 472 g/mol. The lowest BCUT2D eigenvalue weighted by atomic mass is 10.2. The Balaban J connectivity index is 1.63. The number of nitrogens with zero attached hydrogens (tertiary/aromatic N) is 3. The van der Waals surface area contributed by atoms with Gasteiger partial charge in [0.1, 0.15) is 5.75 Å². The van der Waals surface area contributed by atoms with E-state index in [4.69, 9.17) is 23.2 Å². The molecule has 0 unspecified atom stereocenters. The fourth-order valence-electron chi connectivity index (χ4n) is 2.59. The van der Waals surface area contributed by atoms with Crippen molar-refractivity contribution in [1.82, 2.24) is 14.8 Å². The highest BCUT2D eigenvalue weighted by molar-refractivity contribution is 7.99. The van der Waals surface area contributed by atoms with Gasteiger partial charge in [-0.15, -0.1) is 10.2 Å². The predicted molar refractivity (Wildman–Crippen MR) is 114 cm³/mol. The molecule has 0 fully saturated rings. The van der Waals surface area contributed by atoms with Gasteiger partial charge in [0.2, 0.25) is 5.91 Å². The van der Waals surface area contributed by atoms with Crippen molar-refractivity contribution in [3.8, 4) is 17.1 Å². The third kappa shape index (κ3) is 5.62. The summed E-state index contributed by atoms with van der Waals surface area (Å²) >= 11 is 13.1. The van der Waals surface area contributed by atoms with E-state index >= 15 is 0 Å². The number of carbonyl (C=O) groups excluding carboxylic acids is 1. The minimum Gasteiger partial charge on any atom is -0.433 e. The smallest absolute Gasteiger partial charge is 0.387 e. The number of ether oxygens (including phenoxy) is 1. The van der Waals surface area contributed by atoms with Gasteiger partial charge in [0.25, 0.3) is 0 Å². The van der Waals surface area contributed by atoms with Crippen LogP contribution in [-0.4, -0.2) is 33.0 Å². The molecular formula is C19H16Cl2F2N4O2S. The molecule has 0 bridgehead atoms. The summed E-state index contributed by atoms with van der Waals surface area (Å²) in [6, 6.07) is 11.3. The average Bonchev–Trinajstić information content (AvgIpc) is 3.11. The predicted octanol–water partition coefficient (Wildman–Crippen LogP) is 5.60. The van der Waals surface area contributed by atoms with E-state index in [9.17, 15) is 13.6 Å². The van der Waals surface area contributed by atoms with Crippen LogP contribution in [-0.2, 0) is 11.3 Å². The SMILES string of the molecule is CCn1c(SCC(=O)Nc2ccc(OC(F)F)c(Cl)c2)nnc1-c1ccc(Cl)cc1. The van der Waals surface area contributed by atoms with Crippen molar-refractivity contribution in [1.29, 1.82) is 0 Å². The molecule has 0 aliphatic heterocycles. The molecule has 0 aliphatic carbocycles. The molecule has 2 aromatic carbocycles. The number of hydrogen-bond donors (Lipinski definition) is 1. The molecule has 1 aromatic heterocycles. The van der Waals surface area contributed by atoms with E-state index in [0.717, 1.165) is 5.56 Å². The molecule has 0 spiro atoms. The summed E-state index contributed by atoms with van der Waals surface area (Å²) in [7, 11) is 0. The number of alkyl halides is 2. The highest BCUT2D eigenvalue weighted by atomic mass is 35.5. The third-order valence-electron chi connectivity index (χ3n) is 3.90. The van der Waals surface area contributed by atoms with Gasteiger partial charge in [-0.3, -0.25) is 4.79 Å². The van der Waals surface area contributed by atoms with Gasteiger partial charge in [-0.2, -0.15) is 8.78 Å². The van der Waals surface area contributed by atoms with Crippen molar-refractivity contribution in [2.75, 3.05) is 11.1 Å². The van der Waals surface area contributed by atoms with Crippen LogP contribution in [0.5, 0.6) is 5.75 Å². The summed E-state index contributed by atoms with van der Waals surface area (Å²) in [5.74, 6) is 0.284. The number of benzene rings is 2. The number of rotatable bonds is 8. The standard InChI is InChI=1S/C19H16Cl2F2N4O2S/c1-2-27-17(11-3-5-12(20)6-4-11)25-26-19(27)30-10-16(28)24-13-7-8-15(14(21)9-13)29-18(22)23/h3-9,18H,2,10H2,1H3,(H,24,28). The zero-order chi connectivity index (χ0) is 21.7. The minimum atomic E-state index is -2.98. The average molecular weight is 473 g/mol. The molecule has 1 amide bonds. The first-order valence-electron chi connectivity index (χ1n) is 8.73. The van der Waals surface area contributed by atoms with Crippen LogP contribution < -0.4 is 10.1 Å². The molecule has 11 heteroatoms. The Morgan fingerprint density at radius 2 is 1.93 bits per heavy atom. The number of nitrogens with one attached hydrogen (secondary N) is 1. The molecule has 1 N–H and O–H groups in total. The van der Waals surface area contributed by atoms with Gasteiger partial charge in [0, 0.05) is 22.8 Å². The van der Waals surface area contributed by atoms with E-state index < -0.39 is 6.61 Å². The maximum absolute atomic E-state index is 12.3. The Kier molecular flexibility index (Phi) is 7.52. The van der Waals surface area contributed by atoms with Crippen molar-refractivity contribution < 1.29 is 18.3 Å². The number of thioether (sulfide) groups is 1. The molecule has 158 valence electrons. The lowest BCUT2D eigenvalue weighted by Gasteiger charge is -2.10. The molecule has 3 rings (SSSR count). The van der Waals surface area contributed by atoms with Crippen LogP contribution in [0.2, 0.25) is 10.0 Å². The zero-order valence-electron chi connectivity index (χ0n) is 15.6. The summed E-state index contributed by atoms with van der Waals surface area (Å²) in [5, 5.41) is 12.2. The Labute approximate surface area is 185 Å². The van der Waals surface area contributed by atoms with Crippen LogP contribution in [0.25, 0.3) is 11.4 Å². The van der Waals surface area contributed by atoms with Crippen LogP contribution in [0, 0.1) is 0 Å². The lowest BCUT2D eigenvalue weighted by Crippen LogP contribution is -2.14. The summed E-state index contributed by atoms with van der Waals surface area (Å²) in [4.78, 5) is 12.3. The Hall–Kier alpha value is -2.36. The highest BCUT2D eigenvalue weighted by Crippen LogP contribution is 2.29. The normalized spacial score (nSPS) is 11.0. The lowest BCUT2D eigenvalue weighted by molar-refractivity contribution is -0.113. The molecule has 0 saturated heterocycles. The topological polar surface area (TPSA) is 69.0 Å². The Morgan fingerprint density at radius 3 is 2.57 bits per heavy atom. The van der Waals surface area contributed by atoms with Crippen LogP contribution in [0.3, 0.4) is 0 Å². The van der Waals surface area contributed by atoms with Gasteiger partial charge in [-0.25, -0.2) is 0 Å². The second-order valence-electron chi connectivity index (χ2n) is 5.92. The van der Waals surface area contributed by atoms with Gasteiger partial charge < -0.3 is 14.6 Å². The van der Waals surface area contributed by atoms with E-state index in [1.54, 1.807) is 12.1 Å². The van der Waals surface area contributed by atoms with E-state index in [0.29, 0.717) is 28.2 Å². The quantitative estimate of drug-likeness (QED) is 0.431. The van der Waals surface area contributed by atoms with Crippen molar-refractivity contribution in [3.63, 3.8) is 0 Å². The first-order valence-corrected chi connectivity index (χ1v) is 10.5. The van der Waals surface area contributed by atoms with Gasteiger partial charge in [0.05, 0.1) is 10.8 Å². The number of aromatic nitrogens is 3. The molecular weight excluding hydrogens is 457 g/mol. The van der Waals surface area contributed by atoms with Gasteiger partial charge in [-0.05, 0) is 49.4 Å². The molecule has 0 radical (unpaired) electrons. The Morgan fingerprint density at radius 1 is 1.20 bits per heavy atom. The number of carbonyl (C=O) groups is 1. The van der Waals surface area contributed by atoms with Crippen LogP contribution in [0.4, 0.5) is 14.5 Å². The zero-order valence-corrected chi connectivity index (χ0v) is 17.9. The van der Waals surface area contributed by atoms with E-state index in [1.807, 2.05) is 23.6 Å². The van der Waals surface area contributed by atoms with E-state index in [1.165, 1.54) is 30.0 Å². The molecule has 0 saturated carbocycles. The molecule has 30 heavy (non-hydrogen) atoms. The summed E-state index contributed by atoms with van der Waals surface area (Å²) < 4.78 is 30.8. The first kappa shape index (κ1) is 22.3. The largest absolute Gasteiger partial charge is 0.433 e. The van der Waals surface area contributed by atoms with Crippen molar-refractivity contribution in [2.24, 2.45) is 0 Å². The second kappa shape index (κ2) is 10.1. The number of amides is 1.